The largest absolute Gasteiger partial charge is 0.324 e. The Labute approximate surface area is 100 Å². The highest BCUT2D eigenvalue weighted by Crippen LogP contribution is 2.22. The van der Waals surface area contributed by atoms with Crippen molar-refractivity contribution in [2.45, 2.75) is 25.0 Å². The second kappa shape index (κ2) is 4.29. The monoisotopic (exact) mass is 260 g/mol. The molecule has 3 amide bonds. The van der Waals surface area contributed by atoms with Gasteiger partial charge in [0.25, 0.3) is 0 Å². The summed E-state index contributed by atoms with van der Waals surface area (Å²) in [6.07, 6.45) is 1.27. The third kappa shape index (κ3) is 2.43. The van der Waals surface area contributed by atoms with Crippen LogP contribution in [-0.4, -0.2) is 49.3 Å². The van der Waals surface area contributed by atoms with Crippen LogP contribution >= 0.6 is 0 Å². The molecule has 2 atom stereocenters. The zero-order chi connectivity index (χ0) is 12.6. The SMILES string of the molecule is CC1CN(CC2CCCS2(=O)=O)C(=O)NC1=O. The molecule has 0 spiro atoms. The van der Waals surface area contributed by atoms with Gasteiger partial charge in [-0.3, -0.25) is 10.1 Å². The second-order valence-corrected chi connectivity index (χ2v) is 7.13. The van der Waals surface area contributed by atoms with Crippen LogP contribution in [0, 0.1) is 5.92 Å². The first-order valence-electron chi connectivity index (χ1n) is 5.71. The van der Waals surface area contributed by atoms with E-state index in [0.29, 0.717) is 19.4 Å². The minimum absolute atomic E-state index is 0.200. The highest BCUT2D eigenvalue weighted by molar-refractivity contribution is 7.92. The molecule has 0 aromatic carbocycles. The van der Waals surface area contributed by atoms with Gasteiger partial charge in [-0.1, -0.05) is 6.92 Å². The van der Waals surface area contributed by atoms with Crippen molar-refractivity contribution < 1.29 is 18.0 Å². The van der Waals surface area contributed by atoms with Gasteiger partial charge < -0.3 is 4.90 Å². The summed E-state index contributed by atoms with van der Waals surface area (Å²) in [5.74, 6) is -0.362. The average Bonchev–Trinajstić information content (AvgIpc) is 2.55. The van der Waals surface area contributed by atoms with E-state index in [-0.39, 0.29) is 24.1 Å². The van der Waals surface area contributed by atoms with E-state index in [1.165, 1.54) is 4.90 Å². The number of nitrogens with one attached hydrogen (secondary N) is 1. The average molecular weight is 260 g/mol. The maximum atomic E-state index is 11.7. The lowest BCUT2D eigenvalue weighted by molar-refractivity contribution is -0.125. The number of nitrogens with zero attached hydrogens (tertiary/aromatic N) is 1. The lowest BCUT2D eigenvalue weighted by atomic mass is 10.1. The minimum atomic E-state index is -3.05. The first-order chi connectivity index (χ1) is 7.90. The molecule has 2 fully saturated rings. The van der Waals surface area contributed by atoms with Crippen LogP contribution in [0.2, 0.25) is 0 Å². The summed E-state index contributed by atoms with van der Waals surface area (Å²) in [6, 6.07) is -0.477. The maximum absolute atomic E-state index is 11.7. The minimum Gasteiger partial charge on any atom is -0.322 e. The fourth-order valence-corrected chi connectivity index (χ4v) is 4.11. The van der Waals surface area contributed by atoms with Crippen LogP contribution in [0.5, 0.6) is 0 Å². The fourth-order valence-electron chi connectivity index (χ4n) is 2.27. The van der Waals surface area contributed by atoms with E-state index >= 15 is 0 Å². The molecule has 2 rings (SSSR count). The summed E-state index contributed by atoms with van der Waals surface area (Å²) >= 11 is 0. The third-order valence-electron chi connectivity index (χ3n) is 3.35. The Hall–Kier alpha value is -1.11. The van der Waals surface area contributed by atoms with Crippen molar-refractivity contribution in [3.8, 4) is 0 Å². The molecule has 2 aliphatic heterocycles. The van der Waals surface area contributed by atoms with Gasteiger partial charge in [0.1, 0.15) is 0 Å². The predicted molar refractivity (Wildman–Crippen MR) is 61.1 cm³/mol. The third-order valence-corrected chi connectivity index (χ3v) is 5.60. The molecule has 2 unspecified atom stereocenters. The van der Waals surface area contributed by atoms with Crippen LogP contribution in [0.3, 0.4) is 0 Å². The number of amides is 3. The van der Waals surface area contributed by atoms with Crippen molar-refractivity contribution in [3.05, 3.63) is 0 Å². The van der Waals surface area contributed by atoms with Gasteiger partial charge >= 0.3 is 6.03 Å². The number of carbonyl (C=O) groups is 2. The lowest BCUT2D eigenvalue weighted by Gasteiger charge is -2.31. The van der Waals surface area contributed by atoms with E-state index in [9.17, 15) is 18.0 Å². The van der Waals surface area contributed by atoms with E-state index in [0.717, 1.165) is 0 Å². The Morgan fingerprint density at radius 1 is 1.41 bits per heavy atom. The van der Waals surface area contributed by atoms with Crippen molar-refractivity contribution in [3.63, 3.8) is 0 Å². The zero-order valence-electron chi connectivity index (χ0n) is 9.68. The number of urea groups is 1. The van der Waals surface area contributed by atoms with Crippen molar-refractivity contribution in [1.82, 2.24) is 10.2 Å². The van der Waals surface area contributed by atoms with Crippen LogP contribution in [0.25, 0.3) is 0 Å². The van der Waals surface area contributed by atoms with Crippen LogP contribution in [-0.2, 0) is 14.6 Å². The fraction of sp³-hybridized carbons (Fsp3) is 0.800. The summed E-state index contributed by atoms with van der Waals surface area (Å²) in [4.78, 5) is 24.2. The molecule has 96 valence electrons. The molecule has 0 saturated carbocycles. The molecule has 0 bridgehead atoms. The number of rotatable bonds is 2. The van der Waals surface area contributed by atoms with Crippen LogP contribution < -0.4 is 5.32 Å². The topological polar surface area (TPSA) is 83.6 Å². The Morgan fingerprint density at radius 2 is 2.12 bits per heavy atom. The first kappa shape index (κ1) is 12.3. The standard InChI is InChI=1S/C10H16N2O4S/c1-7-5-12(10(14)11-9(7)13)6-8-3-2-4-17(8,15)16/h7-8H,2-6H2,1H3,(H,11,13,14). The van der Waals surface area contributed by atoms with Gasteiger partial charge in [-0.2, -0.15) is 0 Å². The quantitative estimate of drug-likeness (QED) is 0.742. The van der Waals surface area contributed by atoms with Gasteiger partial charge in [0, 0.05) is 13.1 Å². The van der Waals surface area contributed by atoms with Crippen molar-refractivity contribution in [2.24, 2.45) is 5.92 Å². The van der Waals surface area contributed by atoms with Gasteiger partial charge in [-0.25, -0.2) is 13.2 Å². The Morgan fingerprint density at radius 3 is 2.71 bits per heavy atom. The number of imide groups is 1. The molecule has 6 nitrogen and oxygen atoms in total. The van der Waals surface area contributed by atoms with Crippen LogP contribution in [0.15, 0.2) is 0 Å². The molecule has 7 heteroatoms. The summed E-state index contributed by atoms with van der Waals surface area (Å²) < 4.78 is 23.3. The zero-order valence-corrected chi connectivity index (χ0v) is 10.5. The molecular weight excluding hydrogens is 244 g/mol. The normalized spacial score (nSPS) is 32.6. The van der Waals surface area contributed by atoms with Crippen LogP contribution in [0.1, 0.15) is 19.8 Å². The van der Waals surface area contributed by atoms with Crippen LogP contribution in [0.4, 0.5) is 4.79 Å². The van der Waals surface area contributed by atoms with Gasteiger partial charge in [-0.05, 0) is 12.8 Å². The molecule has 0 aromatic rings. The molecule has 0 aliphatic carbocycles. The van der Waals surface area contributed by atoms with E-state index in [1.54, 1.807) is 6.92 Å². The predicted octanol–water partition coefficient (Wildman–Crippen LogP) is -0.249. The van der Waals surface area contributed by atoms with E-state index in [4.69, 9.17) is 0 Å². The summed E-state index contributed by atoms with van der Waals surface area (Å²) in [6.45, 7) is 2.22. The molecule has 0 radical (unpaired) electrons. The number of sulfone groups is 1. The Kier molecular flexibility index (Phi) is 3.11. The summed E-state index contributed by atoms with van der Waals surface area (Å²) in [7, 11) is -3.05. The van der Waals surface area contributed by atoms with E-state index in [1.807, 2.05) is 0 Å². The van der Waals surface area contributed by atoms with Crippen molar-refractivity contribution in [1.29, 1.82) is 0 Å². The molecule has 0 aromatic heterocycles. The summed E-state index contributed by atoms with van der Waals surface area (Å²) in [5.41, 5.74) is 0. The molecule has 1 N–H and O–H groups in total. The van der Waals surface area contributed by atoms with Crippen molar-refractivity contribution in [2.75, 3.05) is 18.8 Å². The van der Waals surface area contributed by atoms with Gasteiger partial charge in [0.2, 0.25) is 5.91 Å². The van der Waals surface area contributed by atoms with Gasteiger partial charge in [0.15, 0.2) is 9.84 Å². The second-order valence-electron chi connectivity index (χ2n) is 4.73. The Bertz CT molecular complexity index is 445. The number of carbonyl (C=O) groups excluding carboxylic acids is 2. The highest BCUT2D eigenvalue weighted by Gasteiger charge is 2.36. The maximum Gasteiger partial charge on any atom is 0.324 e. The van der Waals surface area contributed by atoms with Crippen molar-refractivity contribution >= 4 is 21.8 Å². The summed E-state index contributed by atoms with van der Waals surface area (Å²) in [5, 5.41) is 1.77. The smallest absolute Gasteiger partial charge is 0.322 e. The molecule has 2 aliphatic rings. The van der Waals surface area contributed by atoms with E-state index < -0.39 is 21.1 Å². The molecular formula is C10H16N2O4S. The van der Waals surface area contributed by atoms with Gasteiger partial charge in [0.05, 0.1) is 16.9 Å². The van der Waals surface area contributed by atoms with E-state index in [2.05, 4.69) is 5.32 Å². The number of hydrogen-bond acceptors (Lipinski definition) is 4. The molecule has 2 heterocycles. The van der Waals surface area contributed by atoms with Gasteiger partial charge in [-0.15, -0.1) is 0 Å². The Balaban J connectivity index is 2.04. The highest BCUT2D eigenvalue weighted by atomic mass is 32.2. The molecule has 2 saturated heterocycles. The lowest BCUT2D eigenvalue weighted by Crippen LogP contribution is -2.55. The first-order valence-corrected chi connectivity index (χ1v) is 7.43. The number of hydrogen-bond donors (Lipinski definition) is 1. The molecule has 17 heavy (non-hydrogen) atoms.